The average molecular weight is 298 g/mol. The number of carbonyl (C=O) groups is 2. The number of fused-ring (bicyclic) bond motifs is 1. The van der Waals surface area contributed by atoms with Crippen molar-refractivity contribution in [2.75, 3.05) is 12.4 Å². The highest BCUT2D eigenvalue weighted by Gasteiger charge is 2.21. The Balaban J connectivity index is 2.54. The van der Waals surface area contributed by atoms with Gasteiger partial charge in [-0.2, -0.15) is 0 Å². The average Bonchev–Trinajstić information content (AvgIpc) is 2.77. The van der Waals surface area contributed by atoms with Crippen LogP contribution in [-0.4, -0.2) is 24.4 Å². The summed E-state index contributed by atoms with van der Waals surface area (Å²) in [4.78, 5) is 23.9. The molecule has 1 heterocycles. The molecule has 0 bridgehead atoms. The molecule has 1 aromatic carbocycles. The van der Waals surface area contributed by atoms with E-state index in [0.717, 1.165) is 10.1 Å². The standard InChI is InChI=1S/C13H12ClNO3S/c1-7(14)12(16)15-10-8-5-3-4-6-9(8)19-11(10)13(17)18-2/h3-7H,1-2H3,(H,15,16). The summed E-state index contributed by atoms with van der Waals surface area (Å²) in [5.74, 6) is -0.825. The fourth-order valence-corrected chi connectivity index (χ4v) is 2.76. The van der Waals surface area contributed by atoms with Gasteiger partial charge >= 0.3 is 5.97 Å². The van der Waals surface area contributed by atoms with E-state index in [-0.39, 0.29) is 5.91 Å². The Kier molecular flexibility index (Phi) is 4.07. The van der Waals surface area contributed by atoms with Crippen molar-refractivity contribution < 1.29 is 14.3 Å². The predicted molar refractivity (Wildman–Crippen MR) is 77.1 cm³/mol. The van der Waals surface area contributed by atoms with Gasteiger partial charge in [-0.3, -0.25) is 4.79 Å². The third kappa shape index (κ3) is 2.72. The summed E-state index contributed by atoms with van der Waals surface area (Å²) in [6.07, 6.45) is 0. The van der Waals surface area contributed by atoms with E-state index in [2.05, 4.69) is 5.32 Å². The second kappa shape index (κ2) is 5.59. The Bertz CT molecular complexity index is 636. The molecule has 1 amide bonds. The normalized spacial score (nSPS) is 12.2. The maximum atomic E-state index is 11.8. The topological polar surface area (TPSA) is 55.4 Å². The lowest BCUT2D eigenvalue weighted by molar-refractivity contribution is -0.115. The van der Waals surface area contributed by atoms with Gasteiger partial charge in [0.25, 0.3) is 0 Å². The monoisotopic (exact) mass is 297 g/mol. The largest absolute Gasteiger partial charge is 0.465 e. The van der Waals surface area contributed by atoms with Crippen LogP contribution in [0, 0.1) is 0 Å². The Hall–Kier alpha value is -1.59. The maximum absolute atomic E-state index is 11.8. The van der Waals surface area contributed by atoms with E-state index >= 15 is 0 Å². The van der Waals surface area contributed by atoms with Crippen LogP contribution in [0.2, 0.25) is 0 Å². The van der Waals surface area contributed by atoms with Crippen molar-refractivity contribution in [3.05, 3.63) is 29.1 Å². The first-order valence-electron chi connectivity index (χ1n) is 5.59. The molecular weight excluding hydrogens is 286 g/mol. The van der Waals surface area contributed by atoms with Crippen LogP contribution in [0.4, 0.5) is 5.69 Å². The van der Waals surface area contributed by atoms with Crippen molar-refractivity contribution in [3.63, 3.8) is 0 Å². The van der Waals surface area contributed by atoms with Gasteiger partial charge in [0.1, 0.15) is 10.3 Å². The van der Waals surface area contributed by atoms with Crippen LogP contribution in [0.25, 0.3) is 10.1 Å². The number of hydrogen-bond acceptors (Lipinski definition) is 4. The zero-order valence-corrected chi connectivity index (χ0v) is 12.0. The molecule has 6 heteroatoms. The minimum atomic E-state index is -0.677. The maximum Gasteiger partial charge on any atom is 0.350 e. The van der Waals surface area contributed by atoms with Crippen LogP contribution in [0.3, 0.4) is 0 Å². The number of nitrogens with one attached hydrogen (secondary N) is 1. The van der Waals surface area contributed by atoms with Gasteiger partial charge in [0.05, 0.1) is 12.8 Å². The second-order valence-electron chi connectivity index (χ2n) is 3.90. The number of thiophene rings is 1. The van der Waals surface area contributed by atoms with E-state index in [4.69, 9.17) is 16.3 Å². The highest BCUT2D eigenvalue weighted by Crippen LogP contribution is 2.36. The van der Waals surface area contributed by atoms with Crippen molar-refractivity contribution in [3.8, 4) is 0 Å². The first kappa shape index (κ1) is 13.8. The molecule has 0 spiro atoms. The van der Waals surface area contributed by atoms with Crippen LogP contribution < -0.4 is 5.32 Å². The van der Waals surface area contributed by atoms with Crippen LogP contribution in [-0.2, 0) is 9.53 Å². The van der Waals surface area contributed by atoms with Gasteiger partial charge in [0, 0.05) is 10.1 Å². The number of halogens is 1. The highest BCUT2D eigenvalue weighted by atomic mass is 35.5. The quantitative estimate of drug-likeness (QED) is 0.699. The molecule has 1 aromatic heterocycles. The van der Waals surface area contributed by atoms with Gasteiger partial charge in [0.2, 0.25) is 5.91 Å². The molecular formula is C13H12ClNO3S. The molecule has 2 aromatic rings. The van der Waals surface area contributed by atoms with Crippen molar-refractivity contribution >= 4 is 50.6 Å². The van der Waals surface area contributed by atoms with Crippen LogP contribution in [0.1, 0.15) is 16.6 Å². The molecule has 19 heavy (non-hydrogen) atoms. The van der Waals surface area contributed by atoms with Crippen LogP contribution >= 0.6 is 22.9 Å². The first-order chi connectivity index (χ1) is 9.04. The SMILES string of the molecule is COC(=O)c1sc2ccccc2c1NC(=O)C(C)Cl. The van der Waals surface area contributed by atoms with Crippen molar-refractivity contribution in [2.24, 2.45) is 0 Å². The molecule has 0 saturated heterocycles. The molecule has 0 aliphatic rings. The lowest BCUT2D eigenvalue weighted by Gasteiger charge is -2.07. The molecule has 0 aliphatic carbocycles. The lowest BCUT2D eigenvalue weighted by Crippen LogP contribution is -2.21. The number of methoxy groups -OCH3 is 1. The minimum Gasteiger partial charge on any atom is -0.465 e. The molecule has 2 rings (SSSR count). The minimum absolute atomic E-state index is 0.352. The van der Waals surface area contributed by atoms with Gasteiger partial charge in [-0.15, -0.1) is 22.9 Å². The van der Waals surface area contributed by atoms with E-state index in [1.807, 2.05) is 24.3 Å². The number of hydrogen-bond donors (Lipinski definition) is 1. The number of carbonyl (C=O) groups excluding carboxylic acids is 2. The van der Waals surface area contributed by atoms with Crippen molar-refractivity contribution in [1.82, 2.24) is 0 Å². The Morgan fingerprint density at radius 2 is 2.05 bits per heavy atom. The van der Waals surface area contributed by atoms with Crippen LogP contribution in [0.15, 0.2) is 24.3 Å². The van der Waals surface area contributed by atoms with Crippen molar-refractivity contribution in [2.45, 2.75) is 12.3 Å². The predicted octanol–water partition coefficient (Wildman–Crippen LogP) is 3.25. The molecule has 1 unspecified atom stereocenters. The van der Waals surface area contributed by atoms with E-state index in [1.54, 1.807) is 6.92 Å². The number of ether oxygens (including phenoxy) is 1. The second-order valence-corrected chi connectivity index (χ2v) is 5.61. The van der Waals surface area contributed by atoms with E-state index < -0.39 is 11.3 Å². The summed E-state index contributed by atoms with van der Waals surface area (Å²) >= 11 is 7.02. The first-order valence-corrected chi connectivity index (χ1v) is 6.84. The summed E-state index contributed by atoms with van der Waals surface area (Å²) in [6, 6.07) is 7.44. The fourth-order valence-electron chi connectivity index (χ4n) is 1.63. The van der Waals surface area contributed by atoms with Gasteiger partial charge < -0.3 is 10.1 Å². The molecule has 0 radical (unpaired) electrons. The third-order valence-corrected chi connectivity index (χ3v) is 3.92. The number of amides is 1. The molecule has 0 saturated carbocycles. The molecule has 4 nitrogen and oxygen atoms in total. The number of esters is 1. The summed E-state index contributed by atoms with van der Waals surface area (Å²) in [7, 11) is 1.31. The summed E-state index contributed by atoms with van der Waals surface area (Å²) in [5, 5.41) is 2.81. The Morgan fingerprint density at radius 3 is 2.68 bits per heavy atom. The molecule has 0 fully saturated rings. The molecule has 1 N–H and O–H groups in total. The molecule has 0 aliphatic heterocycles. The van der Waals surface area contributed by atoms with E-state index in [1.165, 1.54) is 18.4 Å². The fraction of sp³-hybridized carbons (Fsp3) is 0.231. The van der Waals surface area contributed by atoms with Crippen molar-refractivity contribution in [1.29, 1.82) is 0 Å². The summed E-state index contributed by atoms with van der Waals surface area (Å²) < 4.78 is 5.64. The van der Waals surface area contributed by atoms with Gasteiger partial charge in [-0.05, 0) is 13.0 Å². The number of anilines is 1. The van der Waals surface area contributed by atoms with E-state index in [9.17, 15) is 9.59 Å². The van der Waals surface area contributed by atoms with Gasteiger partial charge in [-0.1, -0.05) is 18.2 Å². The Labute approximate surface area is 119 Å². The Morgan fingerprint density at radius 1 is 1.37 bits per heavy atom. The number of rotatable bonds is 3. The molecule has 1 atom stereocenters. The number of alkyl halides is 1. The highest BCUT2D eigenvalue weighted by molar-refractivity contribution is 7.21. The molecule has 100 valence electrons. The van der Waals surface area contributed by atoms with E-state index in [0.29, 0.717) is 10.6 Å². The van der Waals surface area contributed by atoms with Crippen LogP contribution in [0.5, 0.6) is 0 Å². The summed E-state index contributed by atoms with van der Waals surface area (Å²) in [6.45, 7) is 1.57. The zero-order valence-electron chi connectivity index (χ0n) is 10.4. The van der Waals surface area contributed by atoms with Gasteiger partial charge in [0.15, 0.2) is 0 Å². The lowest BCUT2D eigenvalue weighted by atomic mass is 10.2. The van der Waals surface area contributed by atoms with Gasteiger partial charge in [-0.25, -0.2) is 4.79 Å². The number of benzene rings is 1. The zero-order chi connectivity index (χ0) is 14.0. The smallest absolute Gasteiger partial charge is 0.350 e. The summed E-state index contributed by atoms with van der Waals surface area (Å²) in [5.41, 5.74) is 0.463. The third-order valence-electron chi connectivity index (χ3n) is 2.58.